The fraction of sp³-hybridized carbons (Fsp3) is 0.427. The van der Waals surface area contributed by atoms with Crippen LogP contribution >= 0.6 is 21.6 Å². The van der Waals surface area contributed by atoms with Gasteiger partial charge in [0.25, 0.3) is 0 Å². The van der Waals surface area contributed by atoms with Crippen LogP contribution in [-0.4, -0.2) is 248 Å². The fourth-order valence-electron chi connectivity index (χ4n) is 12.9. The van der Waals surface area contributed by atoms with Crippen LogP contribution in [0, 0.1) is 0 Å². The summed E-state index contributed by atoms with van der Waals surface area (Å²) < 4.78 is 0. The summed E-state index contributed by atoms with van der Waals surface area (Å²) in [6.07, 6.45) is -3.67. The standard InChI is InChI=1S/C82H108N18O20S2/c1-45(102)68-80(117)96-60(37-49-22-10-5-11-23-49)77(114)100-69(46(2)103)81(118)97-63(42-101)78(115)98-65(82(119)120)44-122-121-43-64(89-67(106)41-88-70(107)54(85)34-50-28-30-52(104)31-29-50)79(116)91-56(26-14-16-32-83)71(108)95-62(39-66(86)105)76(113)93-58(35-47-18-6-3-7-19-47)73(110)92-59(36-48-20-8-4-9-21-48)74(111)94-61(38-51-40-87-55-25-13-12-24-53(51)55)75(112)90-57(72(109)99-68)27-15-17-33-84/h3-13,18-25,28-31,40,45-46,54,56-65,68-69,87,101-104H,14-17,26-27,32-39,41-44,83-85H2,1-2H3,(H2,86,105)(H,88,107)(H,89,106)(H,90,112)(H,91,116)(H,92,110)(H,93,113)(H,94,111)(H,95,108)(H,96,117)(H,97,118)(H,98,115)(H,99,109)(H,100,114)(H,119,120)/t45-,46-,54+,56-,57+,58+,59+,60-,61-,62+,63+,64-,65+,68+,69+/m1/s1. The molecule has 40 heteroatoms. The predicted molar refractivity (Wildman–Crippen MR) is 451 cm³/mol. The molecule has 1 fully saturated rings. The van der Waals surface area contributed by atoms with Crippen LogP contribution < -0.4 is 92.1 Å². The zero-order valence-corrected chi connectivity index (χ0v) is 68.9. The second-order valence-electron chi connectivity index (χ2n) is 29.3. The molecule has 1 aliphatic rings. The molecule has 15 atom stereocenters. The maximum absolute atomic E-state index is 15.4. The zero-order chi connectivity index (χ0) is 89.0. The molecular formula is C82H108N18O20S2. The van der Waals surface area contributed by atoms with Crippen molar-refractivity contribution in [1.29, 1.82) is 0 Å². The molecule has 122 heavy (non-hydrogen) atoms. The number of carbonyl (C=O) groups is 15. The molecule has 1 aromatic heterocycles. The van der Waals surface area contributed by atoms with E-state index in [1.807, 2.05) is 0 Å². The van der Waals surface area contributed by atoms with Crippen molar-refractivity contribution in [2.75, 3.05) is 37.7 Å². The number of unbranched alkanes of at least 4 members (excludes halogenated alkanes) is 2. The van der Waals surface area contributed by atoms with E-state index in [-0.39, 0.29) is 83.0 Å². The molecule has 7 rings (SSSR count). The number of aliphatic hydroxyl groups is 3. The Morgan fingerprint density at radius 3 is 1.34 bits per heavy atom. The van der Waals surface area contributed by atoms with Gasteiger partial charge in [-0.1, -0.05) is 143 Å². The van der Waals surface area contributed by atoms with Gasteiger partial charge in [0, 0.05) is 54.3 Å². The van der Waals surface area contributed by atoms with Crippen molar-refractivity contribution < 1.29 is 97.5 Å². The Morgan fingerprint density at radius 1 is 0.467 bits per heavy atom. The van der Waals surface area contributed by atoms with Crippen molar-refractivity contribution in [3.05, 3.63) is 174 Å². The zero-order valence-electron chi connectivity index (χ0n) is 67.2. The van der Waals surface area contributed by atoms with Crippen molar-refractivity contribution in [2.24, 2.45) is 22.9 Å². The van der Waals surface area contributed by atoms with E-state index in [0.29, 0.717) is 55.9 Å². The van der Waals surface area contributed by atoms with Gasteiger partial charge in [-0.15, -0.1) is 0 Å². The van der Waals surface area contributed by atoms with Crippen LogP contribution in [0.15, 0.2) is 146 Å². The van der Waals surface area contributed by atoms with Gasteiger partial charge in [0.2, 0.25) is 82.7 Å². The first-order valence-electron chi connectivity index (χ1n) is 39.6. The number of aliphatic carboxylic acids is 1. The Morgan fingerprint density at radius 2 is 0.869 bits per heavy atom. The number of rotatable bonds is 28. The smallest absolute Gasteiger partial charge is 0.327 e. The van der Waals surface area contributed by atoms with Crippen molar-refractivity contribution in [2.45, 2.75) is 182 Å². The summed E-state index contributed by atoms with van der Waals surface area (Å²) in [6, 6.07) is 14.9. The number of nitrogens with one attached hydrogen (secondary N) is 14. The Kier molecular flexibility index (Phi) is 39.5. The lowest BCUT2D eigenvalue weighted by molar-refractivity contribution is -0.142. The third-order valence-corrected chi connectivity index (χ3v) is 22.0. The number of carboxylic acids is 1. The van der Waals surface area contributed by atoms with Gasteiger partial charge in [-0.3, -0.25) is 67.1 Å². The molecule has 658 valence electrons. The predicted octanol–water partition coefficient (Wildman–Crippen LogP) is -3.99. The number of primary amides is 1. The molecule has 1 saturated heterocycles. The largest absolute Gasteiger partial charge is 0.508 e. The monoisotopic (exact) mass is 1730 g/mol. The number of aliphatic hydroxyl groups excluding tert-OH is 3. The SMILES string of the molecule is C[C@@H](O)[C@@H]1NC(=O)[C@H](CCCCN)NC(=O)[C@@H](Cc2c[nH]c3ccccc23)NC(=O)[C@H](Cc2ccccc2)NC(=O)[C@H](Cc2ccccc2)NC(=O)[C@H](CC(N)=O)NC(=O)[C@@H](CCCCN)NC(=O)[C@H](NC(=O)CNC(=O)[C@@H](N)Cc2ccc(O)cc2)CSSC[C@@H](C(=O)O)NC(=O)[C@H](CO)NC(=O)[C@H]([C@@H](C)O)NC(=O)[C@@H](Cc2ccccc2)NC1=O. The highest BCUT2D eigenvalue weighted by atomic mass is 33.1. The fourth-order valence-corrected chi connectivity index (χ4v) is 15.2. The van der Waals surface area contributed by atoms with Gasteiger partial charge in [-0.05, 0) is 118 Å². The van der Waals surface area contributed by atoms with E-state index in [0.717, 1.165) is 24.6 Å². The maximum Gasteiger partial charge on any atom is 0.327 e. The van der Waals surface area contributed by atoms with Crippen LogP contribution in [0.5, 0.6) is 5.75 Å². The summed E-state index contributed by atoms with van der Waals surface area (Å²) in [7, 11) is 1.46. The van der Waals surface area contributed by atoms with Crippen LogP contribution in [0.1, 0.15) is 86.6 Å². The first-order valence-corrected chi connectivity index (χ1v) is 42.1. The van der Waals surface area contributed by atoms with E-state index in [2.05, 4.69) is 74.1 Å². The van der Waals surface area contributed by atoms with E-state index < -0.39 is 210 Å². The number of para-hydroxylation sites is 1. The second kappa shape index (κ2) is 49.6. The number of benzene rings is 5. The van der Waals surface area contributed by atoms with Gasteiger partial charge >= 0.3 is 5.97 Å². The van der Waals surface area contributed by atoms with Gasteiger partial charge in [0.1, 0.15) is 78.3 Å². The third kappa shape index (κ3) is 31.5. The van der Waals surface area contributed by atoms with Crippen LogP contribution in [0.2, 0.25) is 0 Å². The summed E-state index contributed by atoms with van der Waals surface area (Å²) in [5.41, 5.74) is 26.7. The molecule has 38 nitrogen and oxygen atoms in total. The van der Waals surface area contributed by atoms with Crippen molar-refractivity contribution in [3.63, 3.8) is 0 Å². The van der Waals surface area contributed by atoms with Gasteiger partial charge in [0.15, 0.2) is 0 Å². The Balaban J connectivity index is 1.30. The highest BCUT2D eigenvalue weighted by Crippen LogP contribution is 2.25. The molecule has 27 N–H and O–H groups in total. The summed E-state index contributed by atoms with van der Waals surface area (Å²) in [4.78, 5) is 219. The summed E-state index contributed by atoms with van der Waals surface area (Å²) in [5.74, 6) is -18.1. The molecule has 0 bridgehead atoms. The summed E-state index contributed by atoms with van der Waals surface area (Å²) in [5, 5.41) is 86.2. The number of aromatic hydroxyl groups is 1. The third-order valence-electron chi connectivity index (χ3n) is 19.6. The number of amides is 14. The number of carboxylic acid groups (broad SMARTS) is 1. The summed E-state index contributed by atoms with van der Waals surface area (Å²) in [6.45, 7) is 0.429. The van der Waals surface area contributed by atoms with Crippen molar-refractivity contribution in [1.82, 2.24) is 74.1 Å². The first kappa shape index (κ1) is 97.1. The number of H-pyrrole nitrogens is 1. The minimum Gasteiger partial charge on any atom is -0.508 e. The minimum atomic E-state index is -2.00. The van der Waals surface area contributed by atoms with Gasteiger partial charge in [0.05, 0.1) is 37.8 Å². The molecule has 0 aliphatic carbocycles. The average Bonchev–Trinajstić information content (AvgIpc) is 1.66. The lowest BCUT2D eigenvalue weighted by atomic mass is 10.00. The number of phenolic OH excluding ortho intramolecular Hbond substituents is 1. The number of phenols is 1. The maximum atomic E-state index is 15.4. The Labute approximate surface area is 710 Å². The number of aromatic amines is 1. The van der Waals surface area contributed by atoms with Gasteiger partial charge in [-0.2, -0.15) is 0 Å². The molecule has 5 aromatic carbocycles. The molecule has 1 aliphatic heterocycles. The molecule has 0 unspecified atom stereocenters. The highest BCUT2D eigenvalue weighted by Gasteiger charge is 2.40. The minimum absolute atomic E-state index is 0.0363. The van der Waals surface area contributed by atoms with E-state index in [4.69, 9.17) is 22.9 Å². The molecule has 14 amide bonds. The van der Waals surface area contributed by atoms with Gasteiger partial charge in [-0.25, -0.2) is 4.79 Å². The van der Waals surface area contributed by atoms with Crippen LogP contribution in [-0.2, 0) is 104 Å². The average molecular weight is 1730 g/mol. The molecule has 6 aromatic rings. The van der Waals surface area contributed by atoms with E-state index >= 15 is 14.4 Å². The van der Waals surface area contributed by atoms with E-state index in [9.17, 15) is 83.1 Å². The van der Waals surface area contributed by atoms with Crippen molar-refractivity contribution in [3.8, 4) is 5.75 Å². The molecule has 2 heterocycles. The number of hydrogen-bond donors (Lipinski definition) is 23. The Bertz CT molecular complexity index is 4540. The van der Waals surface area contributed by atoms with Crippen molar-refractivity contribution >= 4 is 121 Å². The number of carbonyl (C=O) groups excluding carboxylic acids is 14. The van der Waals surface area contributed by atoms with E-state index in [1.54, 1.807) is 121 Å². The van der Waals surface area contributed by atoms with Crippen LogP contribution in [0.4, 0.5) is 0 Å². The van der Waals surface area contributed by atoms with Crippen LogP contribution in [0.3, 0.4) is 0 Å². The highest BCUT2D eigenvalue weighted by molar-refractivity contribution is 8.76. The topological polar surface area (TPSA) is 633 Å². The second-order valence-corrected chi connectivity index (χ2v) is 31.8. The number of hydrogen-bond acceptors (Lipinski definition) is 24. The first-order chi connectivity index (χ1) is 58.3. The number of aromatic nitrogens is 1. The molecular weight excluding hydrogens is 1620 g/mol. The molecule has 0 spiro atoms. The Hall–Kier alpha value is -12.1. The normalized spacial score (nSPS) is 23.0. The lowest BCUT2D eigenvalue weighted by Gasteiger charge is -2.29. The molecule has 0 radical (unpaired) electrons. The molecule has 0 saturated carbocycles. The quantitative estimate of drug-likeness (QED) is 0.0164. The summed E-state index contributed by atoms with van der Waals surface area (Å²) >= 11 is 0. The number of nitrogens with two attached hydrogens (primary N) is 4. The van der Waals surface area contributed by atoms with Crippen LogP contribution in [0.25, 0.3) is 10.9 Å². The van der Waals surface area contributed by atoms with Gasteiger partial charge < -0.3 is 123 Å². The van der Waals surface area contributed by atoms with E-state index in [1.165, 1.54) is 24.3 Å². The number of fused-ring (bicyclic) bond motifs is 1. The lowest BCUT2D eigenvalue weighted by Crippen LogP contribution is -2.63.